The van der Waals surface area contributed by atoms with Crippen molar-refractivity contribution in [2.24, 2.45) is 19.8 Å². The zero-order valence-electron chi connectivity index (χ0n) is 12.1. The van der Waals surface area contributed by atoms with Crippen LogP contribution in [0, 0.1) is 0 Å². The van der Waals surface area contributed by atoms with Gasteiger partial charge in [-0.05, 0) is 6.92 Å². The predicted octanol–water partition coefficient (Wildman–Crippen LogP) is -1.54. The van der Waals surface area contributed by atoms with Crippen molar-refractivity contribution in [3.63, 3.8) is 0 Å². The summed E-state index contributed by atoms with van der Waals surface area (Å²) in [6.45, 7) is 1.78. The Bertz CT molecular complexity index is 814. The lowest BCUT2D eigenvalue weighted by molar-refractivity contribution is -0.143. The molecule has 0 aliphatic heterocycles. The molecule has 0 unspecified atom stereocenters. The summed E-state index contributed by atoms with van der Waals surface area (Å²) >= 11 is 0. The summed E-state index contributed by atoms with van der Waals surface area (Å²) in [6, 6.07) is 0. The number of aryl methyl sites for hydroxylation is 1. The Hall–Kier alpha value is -2.42. The highest BCUT2D eigenvalue weighted by Crippen LogP contribution is 2.11. The highest BCUT2D eigenvalue weighted by Gasteiger charge is 2.20. The van der Waals surface area contributed by atoms with Gasteiger partial charge in [-0.2, -0.15) is 0 Å². The summed E-state index contributed by atoms with van der Waals surface area (Å²) in [4.78, 5) is 40.0. The standard InChI is InChI=1S/C12H17N5O4/c1-4-21-8(18)6-17-7(5-13)14-10-9(17)11(19)16(3)12(20)15(10)2/h4-6,13H2,1-3H3. The SMILES string of the molecule is CCOC(=O)Cn1c(CN)nc2c1c(=O)n(C)c(=O)n2C. The van der Waals surface area contributed by atoms with Crippen molar-refractivity contribution in [2.75, 3.05) is 6.61 Å². The van der Waals surface area contributed by atoms with Gasteiger partial charge in [0, 0.05) is 14.1 Å². The van der Waals surface area contributed by atoms with Crippen molar-refractivity contribution in [1.82, 2.24) is 18.7 Å². The van der Waals surface area contributed by atoms with E-state index in [1.807, 2.05) is 0 Å². The molecule has 0 saturated carbocycles. The van der Waals surface area contributed by atoms with Gasteiger partial charge in [0.1, 0.15) is 12.4 Å². The number of nitrogens with zero attached hydrogens (tertiary/aromatic N) is 4. The Kier molecular flexibility index (Phi) is 3.94. The number of carbonyl (C=O) groups is 1. The molecule has 2 aromatic rings. The molecule has 0 bridgehead atoms. The Morgan fingerprint density at radius 2 is 1.95 bits per heavy atom. The fourth-order valence-electron chi connectivity index (χ4n) is 2.15. The van der Waals surface area contributed by atoms with Gasteiger partial charge in [0.05, 0.1) is 13.2 Å². The van der Waals surface area contributed by atoms with Gasteiger partial charge in [0.15, 0.2) is 11.2 Å². The second-order valence-corrected chi connectivity index (χ2v) is 4.50. The maximum Gasteiger partial charge on any atom is 0.332 e. The van der Waals surface area contributed by atoms with E-state index in [0.717, 1.165) is 4.57 Å². The molecular formula is C12H17N5O4. The average Bonchev–Trinajstić information content (AvgIpc) is 2.81. The molecule has 0 amide bonds. The first kappa shape index (κ1) is 15.0. The van der Waals surface area contributed by atoms with Crippen LogP contribution in [0.1, 0.15) is 12.7 Å². The van der Waals surface area contributed by atoms with Crippen LogP contribution in [-0.4, -0.2) is 31.3 Å². The summed E-state index contributed by atoms with van der Waals surface area (Å²) in [5.41, 5.74) is 4.96. The molecule has 0 radical (unpaired) electrons. The molecular weight excluding hydrogens is 278 g/mol. The number of hydrogen-bond acceptors (Lipinski definition) is 6. The predicted molar refractivity (Wildman–Crippen MR) is 74.7 cm³/mol. The van der Waals surface area contributed by atoms with E-state index in [0.29, 0.717) is 5.82 Å². The van der Waals surface area contributed by atoms with E-state index >= 15 is 0 Å². The van der Waals surface area contributed by atoms with Crippen LogP contribution in [0.15, 0.2) is 9.59 Å². The molecule has 2 aromatic heterocycles. The summed E-state index contributed by atoms with van der Waals surface area (Å²) < 4.78 is 8.49. The smallest absolute Gasteiger partial charge is 0.332 e. The van der Waals surface area contributed by atoms with Gasteiger partial charge in [-0.3, -0.25) is 18.7 Å². The van der Waals surface area contributed by atoms with Crippen LogP contribution in [0.4, 0.5) is 0 Å². The molecule has 0 atom stereocenters. The van der Waals surface area contributed by atoms with Crippen molar-refractivity contribution < 1.29 is 9.53 Å². The third kappa shape index (κ3) is 2.35. The van der Waals surface area contributed by atoms with Crippen LogP contribution < -0.4 is 17.0 Å². The van der Waals surface area contributed by atoms with Gasteiger partial charge in [-0.1, -0.05) is 0 Å². The topological polar surface area (TPSA) is 114 Å². The molecule has 0 saturated heterocycles. The largest absolute Gasteiger partial charge is 0.465 e. The number of fused-ring (bicyclic) bond motifs is 1. The maximum atomic E-state index is 12.3. The van der Waals surface area contributed by atoms with Crippen molar-refractivity contribution in [3.8, 4) is 0 Å². The Balaban J connectivity index is 2.77. The quantitative estimate of drug-likeness (QED) is 0.683. The van der Waals surface area contributed by atoms with E-state index in [1.54, 1.807) is 6.92 Å². The van der Waals surface area contributed by atoms with Crippen LogP contribution in [0.2, 0.25) is 0 Å². The average molecular weight is 295 g/mol. The molecule has 2 rings (SSSR count). The fraction of sp³-hybridized carbons (Fsp3) is 0.500. The van der Waals surface area contributed by atoms with Crippen molar-refractivity contribution in [3.05, 3.63) is 26.7 Å². The number of rotatable bonds is 4. The van der Waals surface area contributed by atoms with Crippen LogP contribution in [-0.2, 0) is 36.7 Å². The van der Waals surface area contributed by atoms with Gasteiger partial charge >= 0.3 is 11.7 Å². The maximum absolute atomic E-state index is 12.3. The minimum absolute atomic E-state index is 0.0332. The third-order valence-corrected chi connectivity index (χ3v) is 3.20. The van der Waals surface area contributed by atoms with Gasteiger partial charge in [0.25, 0.3) is 5.56 Å². The molecule has 0 fully saturated rings. The van der Waals surface area contributed by atoms with E-state index in [2.05, 4.69) is 4.98 Å². The molecule has 0 aliphatic carbocycles. The minimum Gasteiger partial charge on any atom is -0.465 e. The lowest BCUT2D eigenvalue weighted by atomic mass is 10.4. The molecule has 0 aliphatic rings. The van der Waals surface area contributed by atoms with E-state index in [9.17, 15) is 14.4 Å². The lowest BCUT2D eigenvalue weighted by Crippen LogP contribution is -2.37. The number of imidazole rings is 1. The molecule has 0 aromatic carbocycles. The molecule has 2 heterocycles. The molecule has 2 N–H and O–H groups in total. The highest BCUT2D eigenvalue weighted by molar-refractivity contribution is 5.75. The number of aromatic nitrogens is 4. The van der Waals surface area contributed by atoms with Gasteiger partial charge in [-0.15, -0.1) is 0 Å². The summed E-state index contributed by atoms with van der Waals surface area (Å²) in [5.74, 6) is -0.154. The number of esters is 1. The number of hydrogen-bond donors (Lipinski definition) is 1. The number of nitrogens with two attached hydrogens (primary N) is 1. The van der Waals surface area contributed by atoms with Crippen molar-refractivity contribution in [2.45, 2.75) is 20.0 Å². The molecule has 114 valence electrons. The van der Waals surface area contributed by atoms with Gasteiger partial charge in [0.2, 0.25) is 0 Å². The van der Waals surface area contributed by atoms with E-state index in [-0.39, 0.29) is 30.9 Å². The Morgan fingerprint density at radius 3 is 2.52 bits per heavy atom. The van der Waals surface area contributed by atoms with E-state index < -0.39 is 17.2 Å². The van der Waals surface area contributed by atoms with E-state index in [4.69, 9.17) is 10.5 Å². The third-order valence-electron chi connectivity index (χ3n) is 3.20. The monoisotopic (exact) mass is 295 g/mol. The second-order valence-electron chi connectivity index (χ2n) is 4.50. The number of carbonyl (C=O) groups excluding carboxylic acids is 1. The van der Waals surface area contributed by atoms with Gasteiger partial charge in [-0.25, -0.2) is 9.78 Å². The van der Waals surface area contributed by atoms with E-state index in [1.165, 1.54) is 23.2 Å². The fourth-order valence-corrected chi connectivity index (χ4v) is 2.15. The summed E-state index contributed by atoms with van der Waals surface area (Å²) in [6.07, 6.45) is 0. The first-order valence-electron chi connectivity index (χ1n) is 6.43. The molecule has 9 nitrogen and oxygen atoms in total. The van der Waals surface area contributed by atoms with Crippen LogP contribution in [0.25, 0.3) is 11.2 Å². The Morgan fingerprint density at radius 1 is 1.29 bits per heavy atom. The van der Waals surface area contributed by atoms with Crippen LogP contribution >= 0.6 is 0 Å². The summed E-state index contributed by atoms with van der Waals surface area (Å²) in [5, 5.41) is 0. The molecule has 21 heavy (non-hydrogen) atoms. The Labute approximate surface area is 119 Å². The second kappa shape index (κ2) is 5.52. The first-order chi connectivity index (χ1) is 9.92. The number of ether oxygens (including phenoxy) is 1. The van der Waals surface area contributed by atoms with Crippen molar-refractivity contribution >= 4 is 17.1 Å². The first-order valence-corrected chi connectivity index (χ1v) is 6.43. The molecule has 0 spiro atoms. The van der Waals surface area contributed by atoms with Crippen molar-refractivity contribution in [1.29, 1.82) is 0 Å². The van der Waals surface area contributed by atoms with Crippen LogP contribution in [0.3, 0.4) is 0 Å². The van der Waals surface area contributed by atoms with Crippen LogP contribution in [0.5, 0.6) is 0 Å². The minimum atomic E-state index is -0.524. The summed E-state index contributed by atoms with van der Waals surface area (Å²) in [7, 11) is 2.88. The zero-order valence-corrected chi connectivity index (χ0v) is 12.1. The normalized spacial score (nSPS) is 11.0. The molecule has 9 heteroatoms. The highest BCUT2D eigenvalue weighted by atomic mass is 16.5. The zero-order chi connectivity index (χ0) is 15.7. The van der Waals surface area contributed by atoms with Gasteiger partial charge < -0.3 is 15.0 Å². The lowest BCUT2D eigenvalue weighted by Gasteiger charge is -2.08.